The number of carbonyl (C=O) groups is 1. The monoisotopic (exact) mass is 363 g/mol. The summed E-state index contributed by atoms with van der Waals surface area (Å²) in [6.45, 7) is 3.36. The highest BCUT2D eigenvalue weighted by Crippen LogP contribution is 2.33. The van der Waals surface area contributed by atoms with Crippen molar-refractivity contribution in [3.63, 3.8) is 0 Å². The molecule has 0 amide bonds. The first-order valence-electron chi connectivity index (χ1n) is 8.79. The van der Waals surface area contributed by atoms with E-state index in [-0.39, 0.29) is 5.78 Å². The summed E-state index contributed by atoms with van der Waals surface area (Å²) in [6.07, 6.45) is 0. The lowest BCUT2D eigenvalue weighted by atomic mass is 10.1. The predicted octanol–water partition coefficient (Wildman–Crippen LogP) is 2.47. The molecule has 4 N–H and O–H groups in total. The SMILES string of the molecule is COc1cc2nc(-c3cccc(C(C)=O)c3)nc(N)c2cc1NC1CNC1. The van der Waals surface area contributed by atoms with Gasteiger partial charge in [0.15, 0.2) is 11.6 Å². The Kier molecular flexibility index (Phi) is 4.37. The van der Waals surface area contributed by atoms with E-state index in [2.05, 4.69) is 20.6 Å². The van der Waals surface area contributed by atoms with Gasteiger partial charge in [-0.15, -0.1) is 0 Å². The summed E-state index contributed by atoms with van der Waals surface area (Å²) < 4.78 is 5.53. The molecule has 0 atom stereocenters. The van der Waals surface area contributed by atoms with E-state index in [1.807, 2.05) is 24.3 Å². The average molecular weight is 363 g/mol. The predicted molar refractivity (Wildman–Crippen MR) is 106 cm³/mol. The number of benzene rings is 2. The van der Waals surface area contributed by atoms with Gasteiger partial charge in [-0.05, 0) is 19.1 Å². The number of carbonyl (C=O) groups excluding carboxylic acids is 1. The van der Waals surface area contributed by atoms with Crippen molar-refractivity contribution < 1.29 is 9.53 Å². The first-order chi connectivity index (χ1) is 13.0. The number of nitrogens with one attached hydrogen (secondary N) is 2. The molecule has 1 fully saturated rings. The molecule has 2 aromatic carbocycles. The van der Waals surface area contributed by atoms with E-state index in [9.17, 15) is 4.79 Å². The summed E-state index contributed by atoms with van der Waals surface area (Å²) in [4.78, 5) is 20.8. The molecule has 0 unspecified atom stereocenters. The van der Waals surface area contributed by atoms with Crippen molar-refractivity contribution in [2.45, 2.75) is 13.0 Å². The molecule has 7 nitrogen and oxygen atoms in total. The van der Waals surface area contributed by atoms with Gasteiger partial charge in [0.25, 0.3) is 0 Å². The number of ketones is 1. The molecule has 0 bridgehead atoms. The van der Waals surface area contributed by atoms with Crippen LogP contribution in [0.2, 0.25) is 0 Å². The number of nitrogens with two attached hydrogens (primary N) is 1. The molecule has 0 saturated carbocycles. The molecule has 1 aliphatic heterocycles. The topological polar surface area (TPSA) is 102 Å². The third-order valence-corrected chi connectivity index (χ3v) is 4.71. The van der Waals surface area contributed by atoms with Gasteiger partial charge in [-0.3, -0.25) is 4.79 Å². The molecular formula is C20H21N5O2. The number of nitrogens with zero attached hydrogens (tertiary/aromatic N) is 2. The maximum absolute atomic E-state index is 11.7. The second kappa shape index (κ2) is 6.85. The second-order valence-electron chi connectivity index (χ2n) is 6.64. The third kappa shape index (κ3) is 3.29. The van der Waals surface area contributed by atoms with Gasteiger partial charge in [0.2, 0.25) is 0 Å². The highest BCUT2D eigenvalue weighted by molar-refractivity contribution is 5.96. The molecule has 7 heteroatoms. The zero-order chi connectivity index (χ0) is 19.0. The molecule has 0 spiro atoms. The van der Waals surface area contributed by atoms with Gasteiger partial charge in [0.1, 0.15) is 11.6 Å². The molecule has 1 aromatic heterocycles. The van der Waals surface area contributed by atoms with Gasteiger partial charge in [-0.2, -0.15) is 0 Å². The Balaban J connectivity index is 1.80. The molecule has 0 aliphatic carbocycles. The number of aromatic nitrogens is 2. The fourth-order valence-corrected chi connectivity index (χ4v) is 3.08. The van der Waals surface area contributed by atoms with Gasteiger partial charge in [-0.25, -0.2) is 9.97 Å². The Bertz CT molecular complexity index is 1030. The number of fused-ring (bicyclic) bond motifs is 1. The molecule has 3 aromatic rings. The molecule has 1 saturated heterocycles. The maximum atomic E-state index is 11.7. The van der Waals surface area contributed by atoms with Crippen LogP contribution in [-0.4, -0.2) is 42.0 Å². The van der Waals surface area contributed by atoms with Crippen molar-refractivity contribution in [2.24, 2.45) is 0 Å². The van der Waals surface area contributed by atoms with Gasteiger partial charge >= 0.3 is 0 Å². The van der Waals surface area contributed by atoms with Crippen LogP contribution in [0.5, 0.6) is 5.75 Å². The van der Waals surface area contributed by atoms with Crippen molar-refractivity contribution in [2.75, 3.05) is 31.2 Å². The van der Waals surface area contributed by atoms with Crippen molar-refractivity contribution >= 4 is 28.2 Å². The van der Waals surface area contributed by atoms with Crippen molar-refractivity contribution in [1.82, 2.24) is 15.3 Å². The Morgan fingerprint density at radius 2 is 2.07 bits per heavy atom. The number of anilines is 2. The lowest BCUT2D eigenvalue weighted by Crippen LogP contribution is -2.51. The van der Waals surface area contributed by atoms with Crippen LogP contribution >= 0.6 is 0 Å². The summed E-state index contributed by atoms with van der Waals surface area (Å²) in [5.74, 6) is 1.57. The van der Waals surface area contributed by atoms with Crippen LogP contribution in [0.4, 0.5) is 11.5 Å². The number of hydrogen-bond donors (Lipinski definition) is 3. The van der Waals surface area contributed by atoms with Crippen LogP contribution in [0.25, 0.3) is 22.3 Å². The fraction of sp³-hybridized carbons (Fsp3) is 0.250. The maximum Gasteiger partial charge on any atom is 0.162 e. The molecule has 27 heavy (non-hydrogen) atoms. The van der Waals surface area contributed by atoms with E-state index in [0.717, 1.165) is 29.7 Å². The normalized spacial score (nSPS) is 14.0. The Morgan fingerprint density at radius 1 is 1.26 bits per heavy atom. The quantitative estimate of drug-likeness (QED) is 0.599. The summed E-state index contributed by atoms with van der Waals surface area (Å²) in [5.41, 5.74) is 9.16. The van der Waals surface area contributed by atoms with Gasteiger partial charge in [0.05, 0.1) is 24.4 Å². The van der Waals surface area contributed by atoms with Gasteiger partial charge in [0, 0.05) is 35.7 Å². The van der Waals surface area contributed by atoms with Crippen molar-refractivity contribution in [1.29, 1.82) is 0 Å². The van der Waals surface area contributed by atoms with Crippen LogP contribution in [0.3, 0.4) is 0 Å². The number of methoxy groups -OCH3 is 1. The molecule has 0 radical (unpaired) electrons. The Morgan fingerprint density at radius 3 is 2.74 bits per heavy atom. The number of ether oxygens (including phenoxy) is 1. The number of hydrogen-bond acceptors (Lipinski definition) is 7. The fourth-order valence-electron chi connectivity index (χ4n) is 3.08. The number of nitrogen functional groups attached to an aromatic ring is 1. The summed E-state index contributed by atoms with van der Waals surface area (Å²) >= 11 is 0. The van der Waals surface area contributed by atoms with Crippen LogP contribution in [0.15, 0.2) is 36.4 Å². The minimum Gasteiger partial charge on any atom is -0.495 e. The van der Waals surface area contributed by atoms with Gasteiger partial charge < -0.3 is 21.1 Å². The minimum atomic E-state index is -0.00604. The summed E-state index contributed by atoms with van der Waals surface area (Å²) in [5, 5.41) is 7.44. The smallest absolute Gasteiger partial charge is 0.162 e. The lowest BCUT2D eigenvalue weighted by Gasteiger charge is -2.29. The lowest BCUT2D eigenvalue weighted by molar-refractivity contribution is 0.101. The third-order valence-electron chi connectivity index (χ3n) is 4.71. The van der Waals surface area contributed by atoms with Gasteiger partial charge in [-0.1, -0.05) is 18.2 Å². The van der Waals surface area contributed by atoms with Crippen LogP contribution in [-0.2, 0) is 0 Å². The molecular weight excluding hydrogens is 342 g/mol. The summed E-state index contributed by atoms with van der Waals surface area (Å²) in [7, 11) is 1.63. The second-order valence-corrected chi connectivity index (χ2v) is 6.64. The van der Waals surface area contributed by atoms with E-state index < -0.39 is 0 Å². The minimum absolute atomic E-state index is 0.00604. The highest BCUT2D eigenvalue weighted by atomic mass is 16.5. The zero-order valence-corrected chi connectivity index (χ0v) is 15.2. The summed E-state index contributed by atoms with van der Waals surface area (Å²) in [6, 6.07) is 11.4. The molecule has 2 heterocycles. The number of Topliss-reactive ketones (excluding diaryl/α,β-unsaturated/α-hetero) is 1. The van der Waals surface area contributed by atoms with E-state index in [4.69, 9.17) is 10.5 Å². The van der Waals surface area contributed by atoms with Crippen LogP contribution in [0, 0.1) is 0 Å². The molecule has 4 rings (SSSR count). The highest BCUT2D eigenvalue weighted by Gasteiger charge is 2.19. The molecule has 138 valence electrons. The number of rotatable bonds is 5. The van der Waals surface area contributed by atoms with E-state index in [1.165, 1.54) is 6.92 Å². The van der Waals surface area contributed by atoms with Crippen LogP contribution in [0.1, 0.15) is 17.3 Å². The standard InChI is InChI=1S/C20H21N5O2/c1-11(26)12-4-3-5-13(6-12)20-24-16-8-18(27-2)17(23-14-9-22-10-14)7-15(16)19(21)25-20/h3-8,14,22-23H,9-10H2,1-2H3,(H2,21,24,25). The van der Waals surface area contributed by atoms with Crippen molar-refractivity contribution in [3.8, 4) is 17.1 Å². The largest absolute Gasteiger partial charge is 0.495 e. The van der Waals surface area contributed by atoms with E-state index >= 15 is 0 Å². The first-order valence-corrected chi connectivity index (χ1v) is 8.79. The molecule has 1 aliphatic rings. The zero-order valence-electron chi connectivity index (χ0n) is 15.2. The van der Waals surface area contributed by atoms with E-state index in [0.29, 0.717) is 34.5 Å². The first kappa shape index (κ1) is 17.2. The average Bonchev–Trinajstić information content (AvgIpc) is 2.64. The Hall–Kier alpha value is -3.19. The van der Waals surface area contributed by atoms with Crippen molar-refractivity contribution in [3.05, 3.63) is 42.0 Å². The van der Waals surface area contributed by atoms with Crippen LogP contribution < -0.4 is 21.1 Å². The Labute approximate surface area is 157 Å². The van der Waals surface area contributed by atoms with E-state index in [1.54, 1.807) is 19.2 Å².